The lowest BCUT2D eigenvalue weighted by Crippen LogP contribution is -2.05. The van der Waals surface area contributed by atoms with E-state index in [0.29, 0.717) is 15.7 Å². The average molecular weight is 329 g/mol. The molecular formula is C12H10BrFN2O3. The molecule has 1 N–H and O–H groups in total. The van der Waals surface area contributed by atoms with Crippen molar-refractivity contribution in [2.45, 2.75) is 0 Å². The molecule has 1 heterocycles. The SMILES string of the molecule is COc1ccc(-c2nn(C)c(C(=O)O)c2Br)cc1F. The zero-order chi connectivity index (χ0) is 14.2. The summed E-state index contributed by atoms with van der Waals surface area (Å²) in [4.78, 5) is 11.1. The van der Waals surface area contributed by atoms with E-state index < -0.39 is 11.8 Å². The number of carboxylic acids is 1. The Labute approximate surface area is 116 Å². The van der Waals surface area contributed by atoms with Gasteiger partial charge in [-0.25, -0.2) is 9.18 Å². The van der Waals surface area contributed by atoms with E-state index in [4.69, 9.17) is 9.84 Å². The Kier molecular flexibility index (Phi) is 3.57. The molecule has 0 spiro atoms. The van der Waals surface area contributed by atoms with Crippen LogP contribution in [0.25, 0.3) is 11.3 Å². The highest BCUT2D eigenvalue weighted by molar-refractivity contribution is 9.10. The fourth-order valence-corrected chi connectivity index (χ4v) is 2.46. The first-order valence-corrected chi connectivity index (χ1v) is 6.04. The van der Waals surface area contributed by atoms with Crippen LogP contribution >= 0.6 is 15.9 Å². The molecule has 0 bridgehead atoms. The van der Waals surface area contributed by atoms with Crippen molar-refractivity contribution in [3.63, 3.8) is 0 Å². The molecule has 1 aromatic carbocycles. The first-order chi connectivity index (χ1) is 8.95. The Morgan fingerprint density at radius 3 is 2.68 bits per heavy atom. The van der Waals surface area contributed by atoms with Crippen LogP contribution < -0.4 is 4.74 Å². The lowest BCUT2D eigenvalue weighted by molar-refractivity contribution is 0.0684. The molecule has 5 nitrogen and oxygen atoms in total. The molecule has 0 amide bonds. The summed E-state index contributed by atoms with van der Waals surface area (Å²) >= 11 is 3.18. The molecule has 0 fully saturated rings. The van der Waals surface area contributed by atoms with Gasteiger partial charge in [0.2, 0.25) is 0 Å². The van der Waals surface area contributed by atoms with Gasteiger partial charge >= 0.3 is 5.97 Å². The molecule has 0 aliphatic heterocycles. The second kappa shape index (κ2) is 5.00. The Hall–Kier alpha value is -1.89. The highest BCUT2D eigenvalue weighted by Crippen LogP contribution is 2.32. The van der Waals surface area contributed by atoms with E-state index in [9.17, 15) is 9.18 Å². The zero-order valence-corrected chi connectivity index (χ0v) is 11.7. The Morgan fingerprint density at radius 1 is 1.53 bits per heavy atom. The number of benzene rings is 1. The van der Waals surface area contributed by atoms with Gasteiger partial charge in [-0.1, -0.05) is 0 Å². The van der Waals surface area contributed by atoms with Crippen LogP contribution in [0.3, 0.4) is 0 Å². The van der Waals surface area contributed by atoms with E-state index in [0.717, 1.165) is 0 Å². The molecule has 0 aliphatic rings. The Balaban J connectivity index is 2.57. The fourth-order valence-electron chi connectivity index (χ4n) is 1.73. The molecule has 1 aromatic heterocycles. The van der Waals surface area contributed by atoms with Crippen molar-refractivity contribution in [3.05, 3.63) is 34.2 Å². The van der Waals surface area contributed by atoms with Crippen LogP contribution in [0.4, 0.5) is 4.39 Å². The monoisotopic (exact) mass is 328 g/mol. The predicted molar refractivity (Wildman–Crippen MR) is 69.8 cm³/mol. The number of hydrogen-bond donors (Lipinski definition) is 1. The second-order valence-corrected chi connectivity index (χ2v) is 4.58. The molecular weight excluding hydrogens is 319 g/mol. The lowest BCUT2D eigenvalue weighted by atomic mass is 10.1. The van der Waals surface area contributed by atoms with Crippen LogP contribution in [-0.2, 0) is 7.05 Å². The summed E-state index contributed by atoms with van der Waals surface area (Å²) in [6.45, 7) is 0. The van der Waals surface area contributed by atoms with Crippen LogP contribution in [0.15, 0.2) is 22.7 Å². The van der Waals surface area contributed by atoms with Crippen molar-refractivity contribution in [2.24, 2.45) is 7.05 Å². The second-order valence-electron chi connectivity index (χ2n) is 3.79. The van der Waals surface area contributed by atoms with Gasteiger partial charge in [0.05, 0.1) is 11.6 Å². The van der Waals surface area contributed by atoms with Crippen molar-refractivity contribution < 1.29 is 19.0 Å². The summed E-state index contributed by atoms with van der Waals surface area (Å²) in [5, 5.41) is 13.1. The smallest absolute Gasteiger partial charge is 0.355 e. The number of nitrogens with zero attached hydrogens (tertiary/aromatic N) is 2. The zero-order valence-electron chi connectivity index (χ0n) is 10.1. The molecule has 2 rings (SSSR count). The minimum atomic E-state index is -1.11. The minimum Gasteiger partial charge on any atom is -0.494 e. The number of carbonyl (C=O) groups is 1. The maximum Gasteiger partial charge on any atom is 0.355 e. The number of methoxy groups -OCH3 is 1. The van der Waals surface area contributed by atoms with E-state index in [1.807, 2.05) is 0 Å². The Bertz CT molecular complexity index is 655. The van der Waals surface area contributed by atoms with E-state index >= 15 is 0 Å². The van der Waals surface area contributed by atoms with Gasteiger partial charge in [0.15, 0.2) is 17.3 Å². The van der Waals surface area contributed by atoms with Gasteiger partial charge in [-0.2, -0.15) is 5.10 Å². The molecule has 0 saturated heterocycles. The average Bonchev–Trinajstić information content (AvgIpc) is 2.64. The summed E-state index contributed by atoms with van der Waals surface area (Å²) in [5.41, 5.74) is 0.834. The molecule has 2 aromatic rings. The first kappa shape index (κ1) is 13.5. The summed E-state index contributed by atoms with van der Waals surface area (Å²) in [7, 11) is 2.88. The van der Waals surface area contributed by atoms with E-state index in [-0.39, 0.29) is 11.4 Å². The largest absolute Gasteiger partial charge is 0.494 e. The number of hydrogen-bond acceptors (Lipinski definition) is 3. The molecule has 0 saturated carbocycles. The molecule has 0 radical (unpaired) electrons. The van der Waals surface area contributed by atoms with Gasteiger partial charge in [0.25, 0.3) is 0 Å². The Morgan fingerprint density at radius 2 is 2.21 bits per heavy atom. The maximum atomic E-state index is 13.6. The summed E-state index contributed by atoms with van der Waals surface area (Å²) in [6, 6.07) is 4.32. The maximum absolute atomic E-state index is 13.6. The highest BCUT2D eigenvalue weighted by atomic mass is 79.9. The summed E-state index contributed by atoms with van der Waals surface area (Å²) < 4.78 is 20.0. The van der Waals surface area contributed by atoms with E-state index in [1.165, 1.54) is 31.0 Å². The van der Waals surface area contributed by atoms with Crippen LogP contribution in [0.1, 0.15) is 10.5 Å². The van der Waals surface area contributed by atoms with E-state index in [2.05, 4.69) is 21.0 Å². The van der Waals surface area contributed by atoms with Crippen molar-refractivity contribution in [1.29, 1.82) is 0 Å². The highest BCUT2D eigenvalue weighted by Gasteiger charge is 2.21. The van der Waals surface area contributed by atoms with Crippen molar-refractivity contribution in [2.75, 3.05) is 7.11 Å². The molecule has 19 heavy (non-hydrogen) atoms. The van der Waals surface area contributed by atoms with Crippen molar-refractivity contribution >= 4 is 21.9 Å². The lowest BCUT2D eigenvalue weighted by Gasteiger charge is -2.03. The standard InChI is InChI=1S/C12H10BrFN2O3/c1-16-11(12(17)18)9(13)10(15-16)6-3-4-8(19-2)7(14)5-6/h3-5H,1-2H3,(H,17,18). The van der Waals surface area contributed by atoms with Gasteiger partial charge in [-0.05, 0) is 34.1 Å². The van der Waals surface area contributed by atoms with Gasteiger partial charge in [0, 0.05) is 12.6 Å². The van der Waals surface area contributed by atoms with Crippen LogP contribution in [0.2, 0.25) is 0 Å². The third-order valence-corrected chi connectivity index (χ3v) is 3.37. The molecule has 0 atom stereocenters. The topological polar surface area (TPSA) is 64.4 Å². The van der Waals surface area contributed by atoms with Crippen LogP contribution in [0.5, 0.6) is 5.75 Å². The van der Waals surface area contributed by atoms with Crippen molar-refractivity contribution in [3.8, 4) is 17.0 Å². The number of halogens is 2. The molecule has 0 aliphatic carbocycles. The number of aromatic carboxylic acids is 1. The van der Waals surface area contributed by atoms with Crippen LogP contribution in [-0.4, -0.2) is 28.0 Å². The number of carboxylic acid groups (broad SMARTS) is 1. The van der Waals surface area contributed by atoms with Crippen LogP contribution in [0, 0.1) is 5.82 Å². The normalized spacial score (nSPS) is 10.5. The minimum absolute atomic E-state index is 0.00577. The van der Waals surface area contributed by atoms with Gasteiger partial charge in [0.1, 0.15) is 5.69 Å². The fraction of sp³-hybridized carbons (Fsp3) is 0.167. The first-order valence-electron chi connectivity index (χ1n) is 5.25. The third-order valence-electron chi connectivity index (χ3n) is 2.62. The number of rotatable bonds is 3. The number of aromatic nitrogens is 2. The quantitative estimate of drug-likeness (QED) is 0.940. The van der Waals surface area contributed by atoms with Crippen molar-refractivity contribution in [1.82, 2.24) is 9.78 Å². The van der Waals surface area contributed by atoms with E-state index in [1.54, 1.807) is 6.07 Å². The summed E-state index contributed by atoms with van der Waals surface area (Å²) in [6.07, 6.45) is 0. The number of aryl methyl sites for hydroxylation is 1. The van der Waals surface area contributed by atoms with Gasteiger partial charge in [-0.3, -0.25) is 4.68 Å². The molecule has 7 heteroatoms. The molecule has 0 unspecified atom stereocenters. The summed E-state index contributed by atoms with van der Waals surface area (Å²) in [5.74, 6) is -1.52. The predicted octanol–water partition coefficient (Wildman–Crippen LogP) is 2.70. The van der Waals surface area contributed by atoms with Gasteiger partial charge < -0.3 is 9.84 Å². The van der Waals surface area contributed by atoms with Gasteiger partial charge in [-0.15, -0.1) is 0 Å². The number of ether oxygens (including phenoxy) is 1. The third kappa shape index (κ3) is 2.33. The molecule has 100 valence electrons.